The number of benzene rings is 2. The van der Waals surface area contributed by atoms with Crippen LogP contribution in [0, 0.1) is 13.8 Å². The number of carbonyl (C=O) groups excluding carboxylic acids is 2. The van der Waals surface area contributed by atoms with Crippen molar-refractivity contribution in [2.45, 2.75) is 26.3 Å². The fraction of sp³-hybridized carbons (Fsp3) is 0.190. The van der Waals surface area contributed by atoms with Crippen LogP contribution in [-0.2, 0) is 9.59 Å². The monoisotopic (exact) mass is 394 g/mol. The zero-order valence-electron chi connectivity index (χ0n) is 15.5. The molecular weight excluding hydrogens is 376 g/mol. The van der Waals surface area contributed by atoms with Gasteiger partial charge in [0, 0.05) is 11.1 Å². The molecule has 0 fully saturated rings. The van der Waals surface area contributed by atoms with Crippen LogP contribution in [0.4, 0.5) is 11.5 Å². The van der Waals surface area contributed by atoms with Gasteiger partial charge < -0.3 is 10.6 Å². The Labute approximate surface area is 167 Å². The highest BCUT2D eigenvalue weighted by Gasteiger charge is 2.34. The van der Waals surface area contributed by atoms with Crippen molar-refractivity contribution in [1.29, 1.82) is 0 Å². The summed E-state index contributed by atoms with van der Waals surface area (Å²) in [6.07, 6.45) is 0.0117. The van der Waals surface area contributed by atoms with Gasteiger partial charge in [-0.25, -0.2) is 4.68 Å². The summed E-state index contributed by atoms with van der Waals surface area (Å²) in [5.74, 6) is -0.00134. The van der Waals surface area contributed by atoms with Crippen LogP contribution in [-0.4, -0.2) is 21.6 Å². The SMILES string of the molecule is Cc1ccc(-c2nn3c(c2C)NC(=O)CC3C(=O)Nc2ccccc2Cl)cc1. The van der Waals surface area contributed by atoms with Crippen LogP contribution in [0.1, 0.15) is 23.6 Å². The summed E-state index contributed by atoms with van der Waals surface area (Å²) in [5.41, 5.74) is 4.16. The first-order valence-electron chi connectivity index (χ1n) is 8.95. The molecule has 6 nitrogen and oxygen atoms in total. The molecule has 28 heavy (non-hydrogen) atoms. The molecule has 0 saturated carbocycles. The van der Waals surface area contributed by atoms with Gasteiger partial charge in [-0.15, -0.1) is 0 Å². The second-order valence-electron chi connectivity index (χ2n) is 6.87. The van der Waals surface area contributed by atoms with Crippen molar-refractivity contribution >= 4 is 34.9 Å². The highest BCUT2D eigenvalue weighted by atomic mass is 35.5. The van der Waals surface area contributed by atoms with Gasteiger partial charge in [-0.2, -0.15) is 5.10 Å². The molecule has 0 bridgehead atoms. The van der Waals surface area contributed by atoms with Crippen LogP contribution in [0.5, 0.6) is 0 Å². The lowest BCUT2D eigenvalue weighted by atomic mass is 10.1. The molecule has 4 rings (SSSR count). The lowest BCUT2D eigenvalue weighted by Gasteiger charge is -2.24. The van der Waals surface area contributed by atoms with E-state index in [4.69, 9.17) is 11.6 Å². The molecule has 3 aromatic rings. The molecule has 1 aliphatic rings. The first-order valence-corrected chi connectivity index (χ1v) is 9.33. The average Bonchev–Trinajstić information content (AvgIpc) is 3.00. The molecule has 2 N–H and O–H groups in total. The van der Waals surface area contributed by atoms with Crippen molar-refractivity contribution in [3.63, 3.8) is 0 Å². The third-order valence-corrected chi connectivity index (χ3v) is 5.17. The van der Waals surface area contributed by atoms with Gasteiger partial charge >= 0.3 is 0 Å². The van der Waals surface area contributed by atoms with E-state index in [2.05, 4.69) is 15.7 Å². The lowest BCUT2D eigenvalue weighted by Crippen LogP contribution is -2.36. The van der Waals surface area contributed by atoms with Gasteiger partial charge in [-0.1, -0.05) is 53.6 Å². The predicted octanol–water partition coefficient (Wildman–Crippen LogP) is 4.34. The first-order chi connectivity index (χ1) is 13.4. The van der Waals surface area contributed by atoms with Crippen LogP contribution in [0.15, 0.2) is 48.5 Å². The maximum absolute atomic E-state index is 12.9. The van der Waals surface area contributed by atoms with E-state index >= 15 is 0 Å². The number of amides is 2. The van der Waals surface area contributed by atoms with Gasteiger partial charge in [-0.05, 0) is 26.0 Å². The van der Waals surface area contributed by atoms with Gasteiger partial charge in [0.15, 0.2) is 0 Å². The molecule has 1 aliphatic heterocycles. The maximum atomic E-state index is 12.9. The summed E-state index contributed by atoms with van der Waals surface area (Å²) in [6, 6.07) is 14.2. The molecule has 142 valence electrons. The standard InChI is InChI=1S/C21H19ClN4O2/c1-12-7-9-14(10-8-12)19-13(2)20-24-18(27)11-17(26(20)25-19)21(28)23-16-6-4-3-5-15(16)22/h3-10,17H,11H2,1-2H3,(H,23,28)(H,24,27). The summed E-state index contributed by atoms with van der Waals surface area (Å²) in [5, 5.41) is 10.7. The Kier molecular flexibility index (Phi) is 4.65. The third-order valence-electron chi connectivity index (χ3n) is 4.84. The fourth-order valence-electron chi connectivity index (χ4n) is 3.31. The molecule has 7 heteroatoms. The number of hydrogen-bond donors (Lipinski definition) is 2. The van der Waals surface area contributed by atoms with E-state index in [0.717, 1.165) is 22.4 Å². The Balaban J connectivity index is 1.71. The minimum absolute atomic E-state index is 0.0117. The number of anilines is 2. The first kappa shape index (κ1) is 18.3. The topological polar surface area (TPSA) is 76.0 Å². The minimum atomic E-state index is -0.752. The predicted molar refractivity (Wildman–Crippen MR) is 110 cm³/mol. The molecule has 0 radical (unpaired) electrons. The Morgan fingerprint density at radius 3 is 2.61 bits per heavy atom. The number of para-hydroxylation sites is 1. The van der Waals surface area contributed by atoms with Gasteiger partial charge in [0.25, 0.3) is 0 Å². The number of fused-ring (bicyclic) bond motifs is 1. The summed E-state index contributed by atoms with van der Waals surface area (Å²) >= 11 is 6.14. The average molecular weight is 395 g/mol. The molecule has 2 aromatic carbocycles. The Bertz CT molecular complexity index is 1070. The van der Waals surface area contributed by atoms with Crippen molar-refractivity contribution in [3.05, 3.63) is 64.7 Å². The van der Waals surface area contributed by atoms with Gasteiger partial charge in [0.05, 0.1) is 22.8 Å². The van der Waals surface area contributed by atoms with Gasteiger partial charge in [0.2, 0.25) is 11.8 Å². The van der Waals surface area contributed by atoms with Crippen LogP contribution >= 0.6 is 11.6 Å². The molecule has 0 saturated heterocycles. The van der Waals surface area contributed by atoms with Crippen molar-refractivity contribution in [2.75, 3.05) is 10.6 Å². The number of nitrogens with one attached hydrogen (secondary N) is 2. The Morgan fingerprint density at radius 2 is 1.89 bits per heavy atom. The van der Waals surface area contributed by atoms with Crippen molar-refractivity contribution in [1.82, 2.24) is 9.78 Å². The van der Waals surface area contributed by atoms with E-state index in [1.807, 2.05) is 38.1 Å². The minimum Gasteiger partial charge on any atom is -0.323 e. The number of nitrogens with zero attached hydrogens (tertiary/aromatic N) is 2. The fourth-order valence-corrected chi connectivity index (χ4v) is 3.49. The number of halogens is 1. The molecule has 1 aromatic heterocycles. The van der Waals surface area contributed by atoms with E-state index in [1.165, 1.54) is 0 Å². The van der Waals surface area contributed by atoms with E-state index in [1.54, 1.807) is 28.9 Å². The molecule has 1 unspecified atom stereocenters. The smallest absolute Gasteiger partial charge is 0.249 e. The van der Waals surface area contributed by atoms with Crippen molar-refractivity contribution in [2.24, 2.45) is 0 Å². The van der Waals surface area contributed by atoms with E-state index in [0.29, 0.717) is 16.5 Å². The van der Waals surface area contributed by atoms with Crippen LogP contribution in [0.3, 0.4) is 0 Å². The summed E-state index contributed by atoms with van der Waals surface area (Å²) in [7, 11) is 0. The highest BCUT2D eigenvalue weighted by Crippen LogP contribution is 2.35. The number of rotatable bonds is 3. The Morgan fingerprint density at radius 1 is 1.18 bits per heavy atom. The molecular formula is C21H19ClN4O2. The molecule has 1 atom stereocenters. The molecule has 2 heterocycles. The number of hydrogen-bond acceptors (Lipinski definition) is 3. The normalized spacial score (nSPS) is 15.7. The van der Waals surface area contributed by atoms with Crippen molar-refractivity contribution < 1.29 is 9.59 Å². The molecule has 0 aliphatic carbocycles. The van der Waals surface area contributed by atoms with E-state index < -0.39 is 6.04 Å². The second-order valence-corrected chi connectivity index (χ2v) is 7.28. The summed E-state index contributed by atoms with van der Waals surface area (Å²) < 4.78 is 1.60. The molecule has 0 spiro atoms. The Hall–Kier alpha value is -3.12. The second kappa shape index (κ2) is 7.13. The van der Waals surface area contributed by atoms with Crippen molar-refractivity contribution in [3.8, 4) is 11.3 Å². The van der Waals surface area contributed by atoms with Gasteiger partial charge in [-0.3, -0.25) is 9.59 Å². The number of aryl methyl sites for hydroxylation is 1. The molecule has 2 amide bonds. The van der Waals surface area contributed by atoms with Crippen LogP contribution in [0.2, 0.25) is 5.02 Å². The maximum Gasteiger partial charge on any atom is 0.249 e. The van der Waals surface area contributed by atoms with Crippen LogP contribution in [0.25, 0.3) is 11.3 Å². The van der Waals surface area contributed by atoms with E-state index in [-0.39, 0.29) is 18.2 Å². The highest BCUT2D eigenvalue weighted by molar-refractivity contribution is 6.33. The number of carbonyl (C=O) groups is 2. The quantitative estimate of drug-likeness (QED) is 0.693. The largest absolute Gasteiger partial charge is 0.323 e. The number of aromatic nitrogens is 2. The summed E-state index contributed by atoms with van der Waals surface area (Å²) in [4.78, 5) is 25.2. The lowest BCUT2D eigenvalue weighted by molar-refractivity contribution is -0.125. The third kappa shape index (κ3) is 3.27. The van der Waals surface area contributed by atoms with Crippen LogP contribution < -0.4 is 10.6 Å². The summed E-state index contributed by atoms with van der Waals surface area (Å²) in [6.45, 7) is 3.91. The zero-order chi connectivity index (χ0) is 19.8. The zero-order valence-corrected chi connectivity index (χ0v) is 16.2. The van der Waals surface area contributed by atoms with E-state index in [9.17, 15) is 9.59 Å². The van der Waals surface area contributed by atoms with Gasteiger partial charge in [0.1, 0.15) is 11.9 Å².